The molecule has 1 N–H and O–H groups in total. The molecule has 2 fully saturated rings. The topological polar surface area (TPSA) is 75.8 Å². The van der Waals surface area contributed by atoms with E-state index in [2.05, 4.69) is 0 Å². The van der Waals surface area contributed by atoms with Gasteiger partial charge in [0, 0.05) is 23.6 Å². The molecule has 2 aliphatic rings. The summed E-state index contributed by atoms with van der Waals surface area (Å²) in [6.07, 6.45) is 3.45. The molecule has 1 aromatic rings. The first kappa shape index (κ1) is 16.5. The van der Waals surface area contributed by atoms with Crippen LogP contribution in [-0.4, -0.2) is 41.9 Å². The Kier molecular flexibility index (Phi) is 5.04. The second-order valence-corrected chi connectivity index (χ2v) is 6.68. The molecule has 0 amide bonds. The summed E-state index contributed by atoms with van der Waals surface area (Å²) in [5.41, 5.74) is 0.570. The molecule has 1 saturated heterocycles. The van der Waals surface area contributed by atoms with Crippen LogP contribution in [0, 0.1) is 16.0 Å². The lowest BCUT2D eigenvalue weighted by Gasteiger charge is -2.44. The van der Waals surface area contributed by atoms with Crippen LogP contribution in [0.2, 0.25) is 5.02 Å². The van der Waals surface area contributed by atoms with Crippen LogP contribution >= 0.6 is 11.6 Å². The first-order valence-electron chi connectivity index (χ1n) is 8.04. The van der Waals surface area contributed by atoms with Crippen molar-refractivity contribution in [1.29, 1.82) is 0 Å². The van der Waals surface area contributed by atoms with Gasteiger partial charge in [-0.3, -0.25) is 10.1 Å². The molecule has 23 heavy (non-hydrogen) atoms. The molecule has 1 aromatic carbocycles. The van der Waals surface area contributed by atoms with Gasteiger partial charge in [-0.25, -0.2) is 0 Å². The highest BCUT2D eigenvalue weighted by Crippen LogP contribution is 2.37. The second-order valence-electron chi connectivity index (χ2n) is 6.24. The van der Waals surface area contributed by atoms with E-state index in [-0.39, 0.29) is 23.8 Å². The molecule has 3 atom stereocenters. The summed E-state index contributed by atoms with van der Waals surface area (Å²) in [5, 5.41) is 22.1. The molecule has 126 valence electrons. The lowest BCUT2D eigenvalue weighted by Crippen LogP contribution is -2.53. The number of ether oxygens (including phenoxy) is 1. The van der Waals surface area contributed by atoms with Crippen LogP contribution < -0.4 is 4.90 Å². The zero-order valence-electron chi connectivity index (χ0n) is 12.9. The summed E-state index contributed by atoms with van der Waals surface area (Å²) in [6, 6.07) is 4.72. The number of hydrogen-bond donors (Lipinski definition) is 1. The number of nitro benzene ring substituents is 1. The van der Waals surface area contributed by atoms with Crippen LogP contribution in [0.15, 0.2) is 18.2 Å². The maximum atomic E-state index is 11.4. The Morgan fingerprint density at radius 3 is 2.87 bits per heavy atom. The fourth-order valence-electron chi connectivity index (χ4n) is 3.75. The summed E-state index contributed by atoms with van der Waals surface area (Å²) in [5.74, 6) is 0.0827. The van der Waals surface area contributed by atoms with Gasteiger partial charge in [-0.15, -0.1) is 0 Å². The van der Waals surface area contributed by atoms with Gasteiger partial charge in [0.25, 0.3) is 5.69 Å². The second kappa shape index (κ2) is 7.03. The van der Waals surface area contributed by atoms with Crippen LogP contribution in [0.3, 0.4) is 0 Å². The Bertz CT molecular complexity index is 583. The van der Waals surface area contributed by atoms with Crippen molar-refractivity contribution >= 4 is 23.0 Å². The Morgan fingerprint density at radius 2 is 2.13 bits per heavy atom. The van der Waals surface area contributed by atoms with Gasteiger partial charge in [-0.2, -0.15) is 0 Å². The molecule has 0 bridgehead atoms. The van der Waals surface area contributed by atoms with Gasteiger partial charge in [0.15, 0.2) is 0 Å². The van der Waals surface area contributed by atoms with Crippen LogP contribution in [0.5, 0.6) is 0 Å². The Labute approximate surface area is 140 Å². The van der Waals surface area contributed by atoms with E-state index in [0.29, 0.717) is 30.5 Å². The number of anilines is 1. The molecule has 0 unspecified atom stereocenters. The molecule has 3 rings (SSSR count). The first-order chi connectivity index (χ1) is 11.1. The van der Waals surface area contributed by atoms with E-state index in [0.717, 1.165) is 25.7 Å². The Morgan fingerprint density at radius 1 is 1.35 bits per heavy atom. The number of morpholine rings is 1. The first-order valence-corrected chi connectivity index (χ1v) is 8.42. The third kappa shape index (κ3) is 3.44. The minimum Gasteiger partial charge on any atom is -0.393 e. The number of hydrogen-bond acceptors (Lipinski definition) is 5. The monoisotopic (exact) mass is 340 g/mol. The summed E-state index contributed by atoms with van der Waals surface area (Å²) in [4.78, 5) is 13.0. The van der Waals surface area contributed by atoms with Crippen LogP contribution in [0.4, 0.5) is 11.4 Å². The van der Waals surface area contributed by atoms with Crippen molar-refractivity contribution < 1.29 is 14.8 Å². The largest absolute Gasteiger partial charge is 0.393 e. The molecule has 0 radical (unpaired) electrons. The maximum absolute atomic E-state index is 11.4. The normalized spacial score (nSPS) is 28.6. The lowest BCUT2D eigenvalue weighted by atomic mass is 9.80. The molecule has 0 aromatic heterocycles. The SMILES string of the molecule is O=[N+]([O-])c1cc(Cl)ccc1N1CCOC[C@@H]1[C@@H]1CCCC[C@@H]1O. The quantitative estimate of drug-likeness (QED) is 0.676. The van der Waals surface area contributed by atoms with Crippen LogP contribution in [-0.2, 0) is 4.74 Å². The summed E-state index contributed by atoms with van der Waals surface area (Å²) in [6.45, 7) is 1.59. The fourth-order valence-corrected chi connectivity index (χ4v) is 3.92. The van der Waals surface area contributed by atoms with Crippen molar-refractivity contribution in [1.82, 2.24) is 0 Å². The average Bonchev–Trinajstić information content (AvgIpc) is 2.55. The van der Waals surface area contributed by atoms with Crippen molar-refractivity contribution in [3.63, 3.8) is 0 Å². The maximum Gasteiger partial charge on any atom is 0.294 e. The zero-order valence-corrected chi connectivity index (χ0v) is 13.6. The van der Waals surface area contributed by atoms with Crippen molar-refractivity contribution in [2.24, 2.45) is 5.92 Å². The summed E-state index contributed by atoms with van der Waals surface area (Å²) >= 11 is 5.92. The highest BCUT2D eigenvalue weighted by atomic mass is 35.5. The third-order valence-corrected chi connectivity index (χ3v) is 5.12. The van der Waals surface area contributed by atoms with E-state index < -0.39 is 4.92 Å². The van der Waals surface area contributed by atoms with Crippen molar-refractivity contribution in [3.05, 3.63) is 33.3 Å². The Balaban J connectivity index is 1.94. The summed E-state index contributed by atoms with van der Waals surface area (Å²) < 4.78 is 5.61. The van der Waals surface area contributed by atoms with Crippen LogP contribution in [0.1, 0.15) is 25.7 Å². The fraction of sp³-hybridized carbons (Fsp3) is 0.625. The van der Waals surface area contributed by atoms with E-state index in [1.54, 1.807) is 12.1 Å². The van der Waals surface area contributed by atoms with Gasteiger partial charge in [0.2, 0.25) is 0 Å². The number of aliphatic hydroxyl groups excluding tert-OH is 1. The van der Waals surface area contributed by atoms with Gasteiger partial charge in [0.05, 0.1) is 30.3 Å². The van der Waals surface area contributed by atoms with E-state index in [1.165, 1.54) is 6.07 Å². The number of nitrogens with zero attached hydrogens (tertiary/aromatic N) is 2. The van der Waals surface area contributed by atoms with E-state index in [9.17, 15) is 15.2 Å². The number of rotatable bonds is 3. The number of benzene rings is 1. The predicted molar refractivity (Wildman–Crippen MR) is 88.0 cm³/mol. The smallest absolute Gasteiger partial charge is 0.294 e. The van der Waals surface area contributed by atoms with Gasteiger partial charge in [0.1, 0.15) is 5.69 Å². The van der Waals surface area contributed by atoms with Gasteiger partial charge >= 0.3 is 0 Å². The molecule has 1 aliphatic heterocycles. The average molecular weight is 341 g/mol. The number of nitro groups is 1. The minimum absolute atomic E-state index is 0.00898. The van der Waals surface area contributed by atoms with E-state index >= 15 is 0 Å². The molecular weight excluding hydrogens is 320 g/mol. The Hall–Kier alpha value is -1.37. The molecule has 1 heterocycles. The molecule has 1 saturated carbocycles. The molecule has 0 spiro atoms. The van der Waals surface area contributed by atoms with Crippen molar-refractivity contribution in [3.8, 4) is 0 Å². The molecular formula is C16H21ClN2O4. The number of aliphatic hydroxyl groups is 1. The summed E-state index contributed by atoms with van der Waals surface area (Å²) in [7, 11) is 0. The van der Waals surface area contributed by atoms with Crippen molar-refractivity contribution in [2.75, 3.05) is 24.7 Å². The van der Waals surface area contributed by atoms with Gasteiger partial charge < -0.3 is 14.7 Å². The third-order valence-electron chi connectivity index (χ3n) is 4.88. The van der Waals surface area contributed by atoms with Gasteiger partial charge in [-0.1, -0.05) is 24.4 Å². The highest BCUT2D eigenvalue weighted by molar-refractivity contribution is 6.30. The van der Waals surface area contributed by atoms with E-state index in [1.807, 2.05) is 4.90 Å². The van der Waals surface area contributed by atoms with Gasteiger partial charge in [-0.05, 0) is 25.0 Å². The van der Waals surface area contributed by atoms with Crippen molar-refractivity contribution in [2.45, 2.75) is 37.8 Å². The lowest BCUT2D eigenvalue weighted by molar-refractivity contribution is -0.384. The predicted octanol–water partition coefficient (Wildman–Crippen LogP) is 3.00. The molecule has 1 aliphatic carbocycles. The highest BCUT2D eigenvalue weighted by Gasteiger charge is 2.38. The molecule has 6 nitrogen and oxygen atoms in total. The zero-order chi connectivity index (χ0) is 16.4. The standard InChI is InChI=1S/C16H21ClN2O4/c17-11-5-6-13(14(9-11)19(21)22)18-7-8-23-10-15(18)12-3-1-2-4-16(12)20/h5-6,9,12,15-16,20H,1-4,7-8,10H2/t12-,15+,16-/m0/s1. The minimum atomic E-state index is -0.398. The molecule has 7 heteroatoms. The van der Waals surface area contributed by atoms with Crippen LogP contribution in [0.25, 0.3) is 0 Å². The van der Waals surface area contributed by atoms with E-state index in [4.69, 9.17) is 16.3 Å². The number of halogens is 1.